The van der Waals surface area contributed by atoms with Crippen molar-refractivity contribution in [2.45, 2.75) is 18.9 Å². The molecule has 1 fully saturated rings. The highest BCUT2D eigenvalue weighted by atomic mass is 16.2. The van der Waals surface area contributed by atoms with E-state index >= 15 is 0 Å². The predicted octanol–water partition coefficient (Wildman–Crippen LogP) is -1.27. The smallest absolute Gasteiger partial charge is 0.317 e. The third-order valence-electron chi connectivity index (χ3n) is 2.70. The summed E-state index contributed by atoms with van der Waals surface area (Å²) in [5, 5.41) is 2.46. The predicted molar refractivity (Wildman–Crippen MR) is 61.0 cm³/mol. The molecule has 1 aliphatic heterocycles. The van der Waals surface area contributed by atoms with Gasteiger partial charge >= 0.3 is 6.03 Å². The summed E-state index contributed by atoms with van der Waals surface area (Å²) < 4.78 is 0. The zero-order valence-corrected chi connectivity index (χ0v) is 10.1. The molecule has 3 N–H and O–H groups in total. The van der Waals surface area contributed by atoms with Gasteiger partial charge in [0.2, 0.25) is 11.8 Å². The number of rotatable bonds is 3. The van der Waals surface area contributed by atoms with E-state index in [4.69, 9.17) is 5.73 Å². The monoisotopic (exact) mass is 242 g/mol. The Morgan fingerprint density at radius 1 is 1.41 bits per heavy atom. The lowest BCUT2D eigenvalue weighted by molar-refractivity contribution is -0.136. The van der Waals surface area contributed by atoms with Gasteiger partial charge in [-0.25, -0.2) is 4.79 Å². The van der Waals surface area contributed by atoms with Gasteiger partial charge in [0.15, 0.2) is 0 Å². The molecule has 0 aromatic heterocycles. The highest BCUT2D eigenvalue weighted by Crippen LogP contribution is 2.16. The first kappa shape index (κ1) is 13.3. The number of nitrogens with zero attached hydrogens (tertiary/aromatic N) is 2. The van der Waals surface area contributed by atoms with Crippen LogP contribution >= 0.6 is 0 Å². The molecular weight excluding hydrogens is 224 g/mol. The van der Waals surface area contributed by atoms with E-state index in [2.05, 4.69) is 5.32 Å². The lowest BCUT2D eigenvalue weighted by atomic mass is 10.2. The lowest BCUT2D eigenvalue weighted by Crippen LogP contribution is -2.48. The van der Waals surface area contributed by atoms with Crippen molar-refractivity contribution in [3.63, 3.8) is 0 Å². The van der Waals surface area contributed by atoms with E-state index in [1.807, 2.05) is 0 Å². The molecule has 0 aromatic carbocycles. The van der Waals surface area contributed by atoms with Crippen molar-refractivity contribution in [2.24, 2.45) is 5.73 Å². The fraction of sp³-hybridized carbons (Fsp3) is 0.700. The van der Waals surface area contributed by atoms with Crippen LogP contribution in [0.25, 0.3) is 0 Å². The average molecular weight is 242 g/mol. The van der Waals surface area contributed by atoms with Gasteiger partial charge in [-0.05, 0) is 12.8 Å². The largest absolute Gasteiger partial charge is 0.368 e. The molecule has 4 amide bonds. The Kier molecular flexibility index (Phi) is 4.30. The number of hydrogen-bond donors (Lipinski definition) is 2. The van der Waals surface area contributed by atoms with Gasteiger partial charge in [-0.3, -0.25) is 9.59 Å². The molecule has 96 valence electrons. The number of hydrogen-bond acceptors (Lipinski definition) is 3. The Hall–Kier alpha value is -1.79. The molecule has 0 bridgehead atoms. The number of likely N-dealkylation sites (tertiary alicyclic amines) is 1. The van der Waals surface area contributed by atoms with Crippen LogP contribution in [0.15, 0.2) is 0 Å². The number of urea groups is 1. The van der Waals surface area contributed by atoms with Crippen LogP contribution in [0.4, 0.5) is 4.79 Å². The molecule has 7 heteroatoms. The Morgan fingerprint density at radius 3 is 2.59 bits per heavy atom. The number of carbonyl (C=O) groups excluding carboxylic acids is 3. The third kappa shape index (κ3) is 3.33. The maximum atomic E-state index is 11.8. The molecule has 1 unspecified atom stereocenters. The molecule has 17 heavy (non-hydrogen) atoms. The molecule has 0 saturated carbocycles. The van der Waals surface area contributed by atoms with E-state index in [1.54, 1.807) is 14.1 Å². The fourth-order valence-electron chi connectivity index (χ4n) is 1.77. The van der Waals surface area contributed by atoms with Crippen molar-refractivity contribution in [1.82, 2.24) is 15.1 Å². The minimum absolute atomic E-state index is 0.110. The van der Waals surface area contributed by atoms with Crippen molar-refractivity contribution in [1.29, 1.82) is 0 Å². The number of nitrogens with one attached hydrogen (secondary N) is 1. The van der Waals surface area contributed by atoms with E-state index in [-0.39, 0.29) is 18.5 Å². The van der Waals surface area contributed by atoms with Gasteiger partial charge in [0.05, 0.1) is 6.54 Å². The molecule has 0 spiro atoms. The Labute approximate surface area is 99.9 Å². The first-order valence-electron chi connectivity index (χ1n) is 5.47. The number of amides is 4. The SMILES string of the molecule is CN(C)C(=O)NCC(=O)N1CCCC1C(N)=O. The summed E-state index contributed by atoms with van der Waals surface area (Å²) in [6.45, 7) is 0.408. The summed E-state index contributed by atoms with van der Waals surface area (Å²) in [7, 11) is 3.17. The second kappa shape index (κ2) is 5.51. The Morgan fingerprint density at radius 2 is 2.06 bits per heavy atom. The first-order chi connectivity index (χ1) is 7.93. The van der Waals surface area contributed by atoms with Gasteiger partial charge in [0.25, 0.3) is 0 Å². The van der Waals surface area contributed by atoms with Crippen LogP contribution in [-0.4, -0.2) is 60.9 Å². The summed E-state index contributed by atoms with van der Waals surface area (Å²) in [6, 6.07) is -0.869. The van der Waals surface area contributed by atoms with Crippen molar-refractivity contribution < 1.29 is 14.4 Å². The molecule has 1 saturated heterocycles. The van der Waals surface area contributed by atoms with Gasteiger partial charge < -0.3 is 20.9 Å². The summed E-state index contributed by atoms with van der Waals surface area (Å²) >= 11 is 0. The minimum atomic E-state index is -0.529. The van der Waals surface area contributed by atoms with Crippen LogP contribution < -0.4 is 11.1 Å². The molecular formula is C10H18N4O3. The Bertz CT molecular complexity index is 330. The van der Waals surface area contributed by atoms with E-state index < -0.39 is 11.9 Å². The van der Waals surface area contributed by atoms with E-state index in [0.717, 1.165) is 6.42 Å². The maximum absolute atomic E-state index is 11.8. The second-order valence-corrected chi connectivity index (χ2v) is 4.20. The molecule has 1 atom stereocenters. The number of carbonyl (C=O) groups is 3. The van der Waals surface area contributed by atoms with Crippen LogP contribution in [0, 0.1) is 0 Å². The summed E-state index contributed by atoms with van der Waals surface area (Å²) in [6.07, 6.45) is 1.36. The fourth-order valence-corrected chi connectivity index (χ4v) is 1.77. The Balaban J connectivity index is 2.47. The van der Waals surface area contributed by atoms with Crippen molar-refractivity contribution in [3.8, 4) is 0 Å². The molecule has 1 heterocycles. The number of nitrogens with two attached hydrogens (primary N) is 1. The normalized spacial score (nSPS) is 18.9. The van der Waals surface area contributed by atoms with E-state index in [1.165, 1.54) is 9.80 Å². The standard InChI is InChI=1S/C10H18N4O3/c1-13(2)10(17)12-6-8(15)14-5-3-4-7(14)9(11)16/h7H,3-6H2,1-2H3,(H2,11,16)(H,12,17). The summed E-state index contributed by atoms with van der Waals surface area (Å²) in [4.78, 5) is 36.9. The van der Waals surface area contributed by atoms with Gasteiger partial charge in [-0.15, -0.1) is 0 Å². The lowest BCUT2D eigenvalue weighted by Gasteiger charge is -2.22. The van der Waals surface area contributed by atoms with Crippen LogP contribution in [0.3, 0.4) is 0 Å². The van der Waals surface area contributed by atoms with Crippen LogP contribution in [0.5, 0.6) is 0 Å². The topological polar surface area (TPSA) is 95.7 Å². The highest BCUT2D eigenvalue weighted by Gasteiger charge is 2.32. The van der Waals surface area contributed by atoms with Crippen molar-refractivity contribution in [2.75, 3.05) is 27.2 Å². The van der Waals surface area contributed by atoms with Gasteiger partial charge in [-0.2, -0.15) is 0 Å². The van der Waals surface area contributed by atoms with Gasteiger partial charge in [0.1, 0.15) is 6.04 Å². The van der Waals surface area contributed by atoms with Crippen molar-refractivity contribution >= 4 is 17.8 Å². The van der Waals surface area contributed by atoms with Gasteiger partial charge in [0, 0.05) is 20.6 Å². The zero-order chi connectivity index (χ0) is 13.0. The molecule has 0 aromatic rings. The van der Waals surface area contributed by atoms with Gasteiger partial charge in [-0.1, -0.05) is 0 Å². The quantitative estimate of drug-likeness (QED) is 0.646. The second-order valence-electron chi connectivity index (χ2n) is 4.20. The average Bonchev–Trinajstić information content (AvgIpc) is 2.73. The molecule has 1 rings (SSSR count). The molecule has 0 radical (unpaired) electrons. The van der Waals surface area contributed by atoms with Crippen molar-refractivity contribution in [3.05, 3.63) is 0 Å². The van der Waals surface area contributed by atoms with E-state index in [9.17, 15) is 14.4 Å². The summed E-state index contributed by atoms with van der Waals surface area (Å²) in [5.41, 5.74) is 5.20. The number of primary amides is 1. The van der Waals surface area contributed by atoms with Crippen LogP contribution in [0.2, 0.25) is 0 Å². The summed E-state index contributed by atoms with van der Waals surface area (Å²) in [5.74, 6) is -0.767. The van der Waals surface area contributed by atoms with E-state index in [0.29, 0.717) is 13.0 Å². The van der Waals surface area contributed by atoms with Crippen LogP contribution in [0.1, 0.15) is 12.8 Å². The highest BCUT2D eigenvalue weighted by molar-refractivity contribution is 5.89. The minimum Gasteiger partial charge on any atom is -0.368 e. The van der Waals surface area contributed by atoms with Crippen LogP contribution in [-0.2, 0) is 9.59 Å². The third-order valence-corrected chi connectivity index (χ3v) is 2.70. The zero-order valence-electron chi connectivity index (χ0n) is 10.1. The molecule has 0 aliphatic carbocycles. The first-order valence-corrected chi connectivity index (χ1v) is 5.47. The maximum Gasteiger partial charge on any atom is 0.317 e. The molecule has 1 aliphatic rings. The molecule has 7 nitrogen and oxygen atoms in total.